The number of nitrogens with two attached hydrogens (primary N) is 2. The van der Waals surface area contributed by atoms with Crippen LogP contribution in [0, 0.1) is 11.8 Å². The van der Waals surface area contributed by atoms with E-state index in [0.717, 1.165) is 18.4 Å². The van der Waals surface area contributed by atoms with Gasteiger partial charge >= 0.3 is 0 Å². The lowest BCUT2D eigenvalue weighted by molar-refractivity contribution is -0.143. The molecule has 0 aromatic carbocycles. The quantitative estimate of drug-likeness (QED) is 0.555. The van der Waals surface area contributed by atoms with Crippen molar-refractivity contribution in [3.63, 3.8) is 0 Å². The Balaban J connectivity index is 2.24. The van der Waals surface area contributed by atoms with Gasteiger partial charge in [-0.15, -0.1) is 0 Å². The highest BCUT2D eigenvalue weighted by Crippen LogP contribution is 2.36. The summed E-state index contributed by atoms with van der Waals surface area (Å²) in [6.07, 6.45) is 8.19. The molecule has 1 heterocycles. The molecular weight excluding hydrogens is 366 g/mol. The maximum atomic E-state index is 13.4. The highest BCUT2D eigenvalue weighted by atomic mass is 16.2. The summed E-state index contributed by atoms with van der Waals surface area (Å²) in [6, 6.07) is 3.56. The van der Waals surface area contributed by atoms with Gasteiger partial charge in [0.2, 0.25) is 11.8 Å². The molecule has 1 unspecified atom stereocenters. The first-order chi connectivity index (χ1) is 13.8. The van der Waals surface area contributed by atoms with Crippen LogP contribution in [-0.2, 0) is 16.1 Å². The van der Waals surface area contributed by atoms with Gasteiger partial charge < -0.3 is 16.8 Å². The Morgan fingerprint density at radius 3 is 2.41 bits per heavy atom. The van der Waals surface area contributed by atoms with Crippen molar-refractivity contribution in [1.82, 2.24) is 15.2 Å². The van der Waals surface area contributed by atoms with Crippen molar-refractivity contribution in [2.45, 2.75) is 71.4 Å². The third-order valence-electron chi connectivity index (χ3n) is 6.52. The predicted molar refractivity (Wildman–Crippen MR) is 116 cm³/mol. The van der Waals surface area contributed by atoms with E-state index >= 15 is 0 Å². The minimum Gasteiger partial charge on any atom is -0.384 e. The molecule has 1 saturated carbocycles. The number of likely N-dealkylation sites (N-methyl/N-ethyl adjacent to an activating group) is 1. The zero-order chi connectivity index (χ0) is 21.4. The summed E-state index contributed by atoms with van der Waals surface area (Å²) in [4.78, 5) is 32.1. The summed E-state index contributed by atoms with van der Waals surface area (Å²) in [5, 5.41) is 3.02. The molecule has 2 atom stereocenters. The molecule has 2 amide bonds. The molecule has 29 heavy (non-hydrogen) atoms. The van der Waals surface area contributed by atoms with Crippen molar-refractivity contribution in [1.29, 1.82) is 0 Å². The van der Waals surface area contributed by atoms with E-state index < -0.39 is 17.4 Å². The third kappa shape index (κ3) is 5.69. The van der Waals surface area contributed by atoms with E-state index in [1.54, 1.807) is 12.3 Å². The van der Waals surface area contributed by atoms with Crippen molar-refractivity contribution in [2.75, 3.05) is 18.8 Å². The van der Waals surface area contributed by atoms with E-state index in [1.807, 2.05) is 31.7 Å². The number of anilines is 1. The molecule has 0 aliphatic heterocycles. The number of rotatable bonds is 10. The van der Waals surface area contributed by atoms with Crippen LogP contribution in [0.15, 0.2) is 18.3 Å². The second-order valence-electron chi connectivity index (χ2n) is 8.29. The minimum atomic E-state index is -1.02. The van der Waals surface area contributed by atoms with Gasteiger partial charge in [0.1, 0.15) is 11.4 Å². The summed E-state index contributed by atoms with van der Waals surface area (Å²) >= 11 is 0. The SMILES string of the molecule is CCN(CC)C(C)(C(N)=O)[C@H](CC1CCCCC1)C(=O)NCc1ccc(N)nc1. The smallest absolute Gasteiger partial charge is 0.238 e. The monoisotopic (exact) mass is 403 g/mol. The molecule has 7 nitrogen and oxygen atoms in total. The molecular formula is C22H37N5O2. The maximum Gasteiger partial charge on any atom is 0.238 e. The Hall–Kier alpha value is -2.15. The van der Waals surface area contributed by atoms with Crippen LogP contribution < -0.4 is 16.8 Å². The van der Waals surface area contributed by atoms with Crippen molar-refractivity contribution in [2.24, 2.45) is 17.6 Å². The first kappa shape index (κ1) is 23.1. The van der Waals surface area contributed by atoms with E-state index in [0.29, 0.717) is 37.8 Å². The van der Waals surface area contributed by atoms with E-state index in [2.05, 4.69) is 10.3 Å². The van der Waals surface area contributed by atoms with Gasteiger partial charge in [-0.2, -0.15) is 0 Å². The van der Waals surface area contributed by atoms with Crippen molar-refractivity contribution < 1.29 is 9.59 Å². The fourth-order valence-corrected chi connectivity index (χ4v) is 4.63. The number of nitrogens with zero attached hydrogens (tertiary/aromatic N) is 2. The van der Waals surface area contributed by atoms with Crippen LogP contribution in [0.4, 0.5) is 5.82 Å². The molecule has 5 N–H and O–H groups in total. The van der Waals surface area contributed by atoms with E-state index in [-0.39, 0.29) is 5.91 Å². The Morgan fingerprint density at radius 1 is 1.24 bits per heavy atom. The van der Waals surface area contributed by atoms with Crippen LogP contribution in [-0.4, -0.2) is 40.3 Å². The van der Waals surface area contributed by atoms with Crippen LogP contribution in [0.3, 0.4) is 0 Å². The van der Waals surface area contributed by atoms with Crippen LogP contribution in [0.1, 0.15) is 64.9 Å². The molecule has 162 valence electrons. The average molecular weight is 404 g/mol. The molecule has 0 bridgehead atoms. The number of pyridine rings is 1. The van der Waals surface area contributed by atoms with Crippen molar-refractivity contribution in [3.05, 3.63) is 23.9 Å². The number of aromatic nitrogens is 1. The fraction of sp³-hybridized carbons (Fsp3) is 0.682. The molecule has 1 aromatic rings. The van der Waals surface area contributed by atoms with E-state index in [4.69, 9.17) is 11.5 Å². The van der Waals surface area contributed by atoms with Crippen LogP contribution in [0.2, 0.25) is 0 Å². The zero-order valence-electron chi connectivity index (χ0n) is 18.1. The Morgan fingerprint density at radius 2 is 1.90 bits per heavy atom. The Bertz CT molecular complexity index is 668. The summed E-state index contributed by atoms with van der Waals surface area (Å²) < 4.78 is 0. The predicted octanol–water partition coefficient (Wildman–Crippen LogP) is 2.45. The molecule has 1 aromatic heterocycles. The third-order valence-corrected chi connectivity index (χ3v) is 6.52. The molecule has 1 aliphatic rings. The second kappa shape index (κ2) is 10.6. The molecule has 7 heteroatoms. The van der Waals surface area contributed by atoms with Crippen LogP contribution >= 0.6 is 0 Å². The molecule has 1 aliphatic carbocycles. The van der Waals surface area contributed by atoms with Crippen LogP contribution in [0.25, 0.3) is 0 Å². The van der Waals surface area contributed by atoms with Crippen molar-refractivity contribution >= 4 is 17.6 Å². The number of carbonyl (C=O) groups excluding carboxylic acids is 2. The van der Waals surface area contributed by atoms with Gasteiger partial charge in [0.25, 0.3) is 0 Å². The lowest BCUT2D eigenvalue weighted by atomic mass is 9.73. The zero-order valence-corrected chi connectivity index (χ0v) is 18.1. The lowest BCUT2D eigenvalue weighted by Crippen LogP contribution is -2.63. The topological polar surface area (TPSA) is 114 Å². The van der Waals surface area contributed by atoms with Gasteiger partial charge in [-0.3, -0.25) is 14.5 Å². The number of hydrogen-bond donors (Lipinski definition) is 3. The molecule has 2 rings (SSSR count). The summed E-state index contributed by atoms with van der Waals surface area (Å²) in [6.45, 7) is 7.50. The number of nitrogens with one attached hydrogen (secondary N) is 1. The highest BCUT2D eigenvalue weighted by molar-refractivity contribution is 5.92. The number of amides is 2. The fourth-order valence-electron chi connectivity index (χ4n) is 4.63. The first-order valence-electron chi connectivity index (χ1n) is 10.9. The molecule has 0 radical (unpaired) electrons. The summed E-state index contributed by atoms with van der Waals surface area (Å²) in [5.74, 6) is -0.165. The van der Waals surface area contributed by atoms with Gasteiger partial charge in [0, 0.05) is 12.7 Å². The Labute approximate surface area is 174 Å². The number of carbonyl (C=O) groups is 2. The number of nitrogen functional groups attached to an aromatic ring is 1. The van der Waals surface area contributed by atoms with Gasteiger partial charge in [-0.25, -0.2) is 4.98 Å². The van der Waals surface area contributed by atoms with Crippen molar-refractivity contribution in [3.8, 4) is 0 Å². The van der Waals surface area contributed by atoms with Gasteiger partial charge in [-0.05, 0) is 44.0 Å². The van der Waals surface area contributed by atoms with Gasteiger partial charge in [0.15, 0.2) is 0 Å². The standard InChI is InChI=1S/C22H37N5O2/c1-4-27(5-2)22(3,21(24)29)18(13-16-9-7-6-8-10-16)20(28)26-15-17-11-12-19(23)25-14-17/h11-12,14,16,18H,4-10,13,15H2,1-3H3,(H2,23,25)(H2,24,29)(H,26,28)/t18-,22?/m1/s1. The molecule has 0 saturated heterocycles. The van der Waals surface area contributed by atoms with E-state index in [1.165, 1.54) is 19.3 Å². The van der Waals surface area contributed by atoms with Gasteiger partial charge in [-0.1, -0.05) is 52.0 Å². The normalized spacial score (nSPS) is 18.2. The lowest BCUT2D eigenvalue weighted by Gasteiger charge is -2.44. The number of hydrogen-bond acceptors (Lipinski definition) is 5. The maximum absolute atomic E-state index is 13.4. The first-order valence-corrected chi connectivity index (χ1v) is 10.9. The summed E-state index contributed by atoms with van der Waals surface area (Å²) in [7, 11) is 0. The average Bonchev–Trinajstić information content (AvgIpc) is 2.72. The highest BCUT2D eigenvalue weighted by Gasteiger charge is 2.48. The van der Waals surface area contributed by atoms with E-state index in [9.17, 15) is 9.59 Å². The largest absolute Gasteiger partial charge is 0.384 e. The number of primary amides is 1. The van der Waals surface area contributed by atoms with Gasteiger partial charge in [0.05, 0.1) is 5.92 Å². The molecule has 1 fully saturated rings. The van der Waals surface area contributed by atoms with Crippen LogP contribution in [0.5, 0.6) is 0 Å². The minimum absolute atomic E-state index is 0.124. The molecule has 0 spiro atoms. The second-order valence-corrected chi connectivity index (χ2v) is 8.29. The summed E-state index contributed by atoms with van der Waals surface area (Å²) in [5.41, 5.74) is 11.4. The Kier molecular flexibility index (Phi) is 8.44.